The number of hydrogen-bond donors (Lipinski definition) is 3. The van der Waals surface area contributed by atoms with Crippen molar-refractivity contribution < 1.29 is 9.90 Å². The molecule has 0 aliphatic carbocycles. The number of H-pyrrole nitrogens is 1. The number of aromatic nitrogens is 1. The average molecular weight is 212 g/mol. The first-order chi connectivity index (χ1) is 6.49. The van der Waals surface area contributed by atoms with Gasteiger partial charge in [0, 0.05) is 11.8 Å². The van der Waals surface area contributed by atoms with Gasteiger partial charge in [-0.05, 0) is 13.0 Å². The average Bonchev–Trinajstić information content (AvgIpc) is 2.28. The summed E-state index contributed by atoms with van der Waals surface area (Å²) in [5.74, 6) is -1.16. The second kappa shape index (κ2) is 4.01. The van der Waals surface area contributed by atoms with Gasteiger partial charge >= 0.3 is 5.97 Å². The van der Waals surface area contributed by atoms with Crippen molar-refractivity contribution >= 4 is 35.2 Å². The highest BCUT2D eigenvalue weighted by Crippen LogP contribution is 1.74. The fraction of sp³-hybridized carbons (Fsp3) is 0.125. The largest absolute Gasteiger partial charge is 0.478 e. The van der Waals surface area contributed by atoms with Gasteiger partial charge in [0.15, 0.2) is 0 Å². The van der Waals surface area contributed by atoms with Crippen LogP contribution in [0.5, 0.6) is 0 Å². The fourth-order valence-corrected chi connectivity index (χ4v) is 1.75. The van der Waals surface area contributed by atoms with E-state index >= 15 is 0 Å². The molecule has 0 radical (unpaired) electrons. The lowest BCUT2D eigenvalue weighted by atomic mass is 10.4. The molecule has 0 fully saturated rings. The van der Waals surface area contributed by atoms with Crippen LogP contribution in [0.1, 0.15) is 6.92 Å². The maximum absolute atomic E-state index is 11.1. The minimum absolute atomic E-state index is 0.130. The third kappa shape index (κ3) is 2.67. The predicted molar refractivity (Wildman–Crippen MR) is 54.2 cm³/mol. The van der Waals surface area contributed by atoms with E-state index in [0.717, 1.165) is 17.4 Å². The number of carboxylic acid groups (broad SMARTS) is 1. The number of nitrogens with one attached hydrogen (secondary N) is 2. The van der Waals surface area contributed by atoms with Gasteiger partial charge in [0.1, 0.15) is 4.53 Å². The zero-order chi connectivity index (χ0) is 10.7. The van der Waals surface area contributed by atoms with Crippen LogP contribution in [0.4, 0.5) is 0 Å². The van der Waals surface area contributed by atoms with Gasteiger partial charge in [0.05, 0.1) is 4.66 Å². The van der Waals surface area contributed by atoms with E-state index in [4.69, 9.17) is 10.5 Å². The normalized spacial score (nSPS) is 13.2. The number of carbonyl (C=O) groups is 1. The maximum Gasteiger partial charge on any atom is 0.329 e. The van der Waals surface area contributed by atoms with Crippen LogP contribution in [0.25, 0.3) is 12.2 Å². The van der Waals surface area contributed by atoms with Crippen molar-refractivity contribution in [1.82, 2.24) is 4.98 Å². The summed E-state index contributed by atoms with van der Waals surface area (Å²) in [6.07, 6.45) is 2.31. The highest BCUT2D eigenvalue weighted by molar-refractivity contribution is 7.07. The Hall–Kier alpha value is -1.69. The molecule has 1 heterocycles. The quantitative estimate of drug-likeness (QED) is 0.556. The van der Waals surface area contributed by atoms with E-state index in [1.165, 1.54) is 6.08 Å². The first kappa shape index (κ1) is 10.4. The van der Waals surface area contributed by atoms with E-state index in [1.54, 1.807) is 6.92 Å². The summed E-state index contributed by atoms with van der Waals surface area (Å²) in [7, 11) is 0. The molecule has 0 spiro atoms. The van der Waals surface area contributed by atoms with Crippen molar-refractivity contribution in [3.05, 3.63) is 19.5 Å². The van der Waals surface area contributed by atoms with E-state index in [9.17, 15) is 9.59 Å². The molecule has 5 nitrogen and oxygen atoms in total. The number of rotatable bonds is 2. The summed E-state index contributed by atoms with van der Waals surface area (Å²) in [5.41, 5.74) is -0.144. The van der Waals surface area contributed by atoms with Crippen LogP contribution in [-0.2, 0) is 4.79 Å². The van der Waals surface area contributed by atoms with E-state index < -0.39 is 11.5 Å². The summed E-state index contributed by atoms with van der Waals surface area (Å²) < 4.78 is 0.611. The molecule has 1 aromatic heterocycles. The fourth-order valence-electron chi connectivity index (χ4n) is 0.833. The van der Waals surface area contributed by atoms with Crippen LogP contribution in [-0.4, -0.2) is 21.8 Å². The van der Waals surface area contributed by atoms with Crippen molar-refractivity contribution in [2.24, 2.45) is 0 Å². The molecule has 0 aromatic carbocycles. The molecule has 0 saturated heterocycles. The lowest BCUT2D eigenvalue weighted by Gasteiger charge is -1.77. The van der Waals surface area contributed by atoms with Gasteiger partial charge < -0.3 is 15.5 Å². The molecule has 1 aromatic rings. The molecule has 6 heteroatoms. The molecule has 0 aliphatic heterocycles. The van der Waals surface area contributed by atoms with E-state index in [1.807, 2.05) is 0 Å². The molecule has 0 atom stereocenters. The van der Waals surface area contributed by atoms with Gasteiger partial charge in [0.25, 0.3) is 5.56 Å². The highest BCUT2D eigenvalue weighted by atomic mass is 32.1. The standard InChI is InChI=1S/C8H8N2O3S/c1-4(9)2-6-10-8(13)5(14-6)3-7(11)12/h2-3,9H,1H3,(H,10,13)(H,11,12)/b5-3-,6-2-,9-4?. The van der Waals surface area contributed by atoms with E-state index in [-0.39, 0.29) is 4.53 Å². The van der Waals surface area contributed by atoms with Crippen molar-refractivity contribution in [2.45, 2.75) is 6.92 Å². The monoisotopic (exact) mass is 212 g/mol. The number of carboxylic acids is 1. The molecule has 74 valence electrons. The molecule has 1 rings (SSSR count). The molecule has 0 aliphatic rings. The summed E-state index contributed by atoms with van der Waals surface area (Å²) in [5, 5.41) is 15.6. The summed E-state index contributed by atoms with van der Waals surface area (Å²) in [6, 6.07) is 0. The zero-order valence-electron chi connectivity index (χ0n) is 7.33. The third-order valence-electron chi connectivity index (χ3n) is 1.28. The van der Waals surface area contributed by atoms with E-state index in [2.05, 4.69) is 4.98 Å². The lowest BCUT2D eigenvalue weighted by molar-refractivity contribution is -0.129. The van der Waals surface area contributed by atoms with Crippen molar-refractivity contribution in [1.29, 1.82) is 5.41 Å². The molecular formula is C8H8N2O3S. The minimum atomic E-state index is -1.16. The van der Waals surface area contributed by atoms with Crippen LogP contribution >= 0.6 is 11.3 Å². The SMILES string of the molecule is CC(=N)/C=c1/[nH]c(=O)/c(=C/C(=O)O)s1. The number of aromatic amines is 1. The van der Waals surface area contributed by atoms with Gasteiger partial charge in [-0.3, -0.25) is 4.79 Å². The molecule has 0 saturated carbocycles. The Labute approximate surface area is 82.5 Å². The van der Waals surface area contributed by atoms with Gasteiger partial charge in [-0.2, -0.15) is 0 Å². The second-order valence-electron chi connectivity index (χ2n) is 2.59. The van der Waals surface area contributed by atoms with E-state index in [0.29, 0.717) is 10.4 Å². The molecule has 0 bridgehead atoms. The van der Waals surface area contributed by atoms with Gasteiger partial charge in [0.2, 0.25) is 0 Å². The first-order valence-electron chi connectivity index (χ1n) is 3.69. The Balaban J connectivity index is 3.40. The summed E-state index contributed by atoms with van der Waals surface area (Å²) in [4.78, 5) is 23.9. The summed E-state index contributed by atoms with van der Waals surface area (Å²) in [6.45, 7) is 1.57. The van der Waals surface area contributed by atoms with Gasteiger partial charge in [-0.15, -0.1) is 11.3 Å². The summed E-state index contributed by atoms with van der Waals surface area (Å²) >= 11 is 1.02. The van der Waals surface area contributed by atoms with Crippen LogP contribution in [0.15, 0.2) is 4.79 Å². The van der Waals surface area contributed by atoms with Crippen LogP contribution in [0, 0.1) is 5.41 Å². The molecule has 0 unspecified atom stereocenters. The molecular weight excluding hydrogens is 204 g/mol. The maximum atomic E-state index is 11.1. The Bertz CT molecular complexity index is 538. The van der Waals surface area contributed by atoms with Crippen LogP contribution in [0.2, 0.25) is 0 Å². The van der Waals surface area contributed by atoms with Gasteiger partial charge in [-0.1, -0.05) is 0 Å². The Morgan fingerprint density at radius 2 is 2.21 bits per heavy atom. The number of aliphatic carboxylic acids is 1. The Morgan fingerprint density at radius 1 is 1.57 bits per heavy atom. The van der Waals surface area contributed by atoms with Crippen molar-refractivity contribution in [3.8, 4) is 0 Å². The van der Waals surface area contributed by atoms with Crippen molar-refractivity contribution in [3.63, 3.8) is 0 Å². The lowest BCUT2D eigenvalue weighted by Crippen LogP contribution is -2.21. The smallest absolute Gasteiger partial charge is 0.329 e. The molecule has 3 N–H and O–H groups in total. The topological polar surface area (TPSA) is 94.0 Å². The minimum Gasteiger partial charge on any atom is -0.478 e. The van der Waals surface area contributed by atoms with Crippen LogP contribution in [0.3, 0.4) is 0 Å². The highest BCUT2D eigenvalue weighted by Gasteiger charge is 1.96. The number of thiazole rings is 1. The van der Waals surface area contributed by atoms with Crippen LogP contribution < -0.4 is 14.8 Å². The predicted octanol–water partition coefficient (Wildman–Crippen LogP) is -0.878. The zero-order valence-corrected chi connectivity index (χ0v) is 8.14. The first-order valence-corrected chi connectivity index (χ1v) is 4.51. The Kier molecular flexibility index (Phi) is 2.98. The number of hydrogen-bond acceptors (Lipinski definition) is 4. The third-order valence-corrected chi connectivity index (χ3v) is 2.25. The Morgan fingerprint density at radius 3 is 2.71 bits per heavy atom. The molecule has 0 amide bonds. The van der Waals surface area contributed by atoms with Gasteiger partial charge in [-0.25, -0.2) is 4.79 Å². The molecule has 14 heavy (non-hydrogen) atoms. The second-order valence-corrected chi connectivity index (χ2v) is 3.68. The van der Waals surface area contributed by atoms with Crippen molar-refractivity contribution in [2.75, 3.05) is 0 Å².